The first-order valence-electron chi connectivity index (χ1n) is 8.14. The number of carbonyl (C=O) groups is 1. The number of hydrogen-bond acceptors (Lipinski definition) is 3. The molecule has 0 aliphatic carbocycles. The molecule has 26 heavy (non-hydrogen) atoms. The summed E-state index contributed by atoms with van der Waals surface area (Å²) in [5, 5.41) is 2.45. The Morgan fingerprint density at radius 3 is 2.38 bits per heavy atom. The van der Waals surface area contributed by atoms with Gasteiger partial charge in [-0.05, 0) is 38.0 Å². The van der Waals surface area contributed by atoms with Crippen LogP contribution in [0, 0.1) is 18.6 Å². The molecule has 140 valence electrons. The summed E-state index contributed by atoms with van der Waals surface area (Å²) in [6.45, 7) is 2.55. The first-order chi connectivity index (χ1) is 12.2. The van der Waals surface area contributed by atoms with Gasteiger partial charge in [0.25, 0.3) is 5.91 Å². The molecule has 6 nitrogen and oxygen atoms in total. The highest BCUT2D eigenvalue weighted by Gasteiger charge is 2.31. The fraction of sp³-hybridized carbons (Fsp3) is 0.353. The zero-order chi connectivity index (χ0) is 19.1. The highest BCUT2D eigenvalue weighted by molar-refractivity contribution is 7.89. The van der Waals surface area contributed by atoms with Crippen molar-refractivity contribution in [1.82, 2.24) is 8.87 Å². The van der Waals surface area contributed by atoms with Gasteiger partial charge in [-0.25, -0.2) is 17.2 Å². The van der Waals surface area contributed by atoms with Crippen LogP contribution in [0.25, 0.3) is 0 Å². The summed E-state index contributed by atoms with van der Waals surface area (Å²) >= 11 is 0. The van der Waals surface area contributed by atoms with Gasteiger partial charge >= 0.3 is 0 Å². The first-order valence-corrected chi connectivity index (χ1v) is 9.58. The monoisotopic (exact) mass is 383 g/mol. The number of anilines is 1. The third kappa shape index (κ3) is 3.24. The van der Waals surface area contributed by atoms with Crippen molar-refractivity contribution in [3.63, 3.8) is 0 Å². The minimum Gasteiger partial charge on any atom is -0.343 e. The Kier molecular flexibility index (Phi) is 4.85. The van der Waals surface area contributed by atoms with Gasteiger partial charge in [0.15, 0.2) is 11.6 Å². The lowest BCUT2D eigenvalue weighted by Gasteiger charge is -2.15. The lowest BCUT2D eigenvalue weighted by Crippen LogP contribution is -2.28. The van der Waals surface area contributed by atoms with Crippen molar-refractivity contribution in [2.75, 3.05) is 18.4 Å². The Labute approximate surface area is 150 Å². The van der Waals surface area contributed by atoms with Gasteiger partial charge in [-0.3, -0.25) is 4.79 Å². The number of amides is 1. The van der Waals surface area contributed by atoms with Crippen LogP contribution in [0.15, 0.2) is 29.2 Å². The van der Waals surface area contributed by atoms with Crippen molar-refractivity contribution >= 4 is 21.6 Å². The number of aromatic nitrogens is 1. The van der Waals surface area contributed by atoms with E-state index in [9.17, 15) is 22.0 Å². The molecular weight excluding hydrogens is 364 g/mol. The molecule has 1 aliphatic heterocycles. The zero-order valence-corrected chi connectivity index (χ0v) is 15.2. The van der Waals surface area contributed by atoms with Crippen LogP contribution in [0.5, 0.6) is 0 Å². The molecule has 0 radical (unpaired) electrons. The number of benzene rings is 1. The van der Waals surface area contributed by atoms with Gasteiger partial charge in [-0.2, -0.15) is 4.31 Å². The number of nitrogens with one attached hydrogen (secondary N) is 1. The second kappa shape index (κ2) is 6.81. The van der Waals surface area contributed by atoms with Crippen LogP contribution in [-0.2, 0) is 17.1 Å². The fourth-order valence-electron chi connectivity index (χ4n) is 2.99. The molecule has 3 rings (SSSR count). The molecule has 0 spiro atoms. The first kappa shape index (κ1) is 18.5. The predicted octanol–water partition coefficient (Wildman–Crippen LogP) is 2.65. The Morgan fingerprint density at radius 2 is 1.77 bits per heavy atom. The predicted molar refractivity (Wildman–Crippen MR) is 92.5 cm³/mol. The summed E-state index contributed by atoms with van der Waals surface area (Å²) in [4.78, 5) is 12.6. The number of nitrogens with zero attached hydrogens (tertiary/aromatic N) is 2. The number of sulfonamides is 1. The van der Waals surface area contributed by atoms with E-state index < -0.39 is 27.6 Å². The number of carbonyl (C=O) groups excluding carboxylic acids is 1. The minimum atomic E-state index is -3.67. The summed E-state index contributed by atoms with van der Waals surface area (Å²) in [6, 6.07) is 4.32. The third-order valence-electron chi connectivity index (χ3n) is 4.58. The molecule has 1 fully saturated rings. The average Bonchev–Trinajstić information content (AvgIpc) is 3.21. The number of rotatable bonds is 4. The maximum absolute atomic E-state index is 13.3. The van der Waals surface area contributed by atoms with Crippen molar-refractivity contribution in [2.24, 2.45) is 7.05 Å². The van der Waals surface area contributed by atoms with Crippen LogP contribution in [0.4, 0.5) is 14.5 Å². The van der Waals surface area contributed by atoms with E-state index in [-0.39, 0.29) is 16.3 Å². The van der Waals surface area contributed by atoms with E-state index in [2.05, 4.69) is 5.32 Å². The number of halogens is 2. The van der Waals surface area contributed by atoms with Crippen molar-refractivity contribution in [3.05, 3.63) is 47.3 Å². The lowest BCUT2D eigenvalue weighted by atomic mass is 10.3. The van der Waals surface area contributed by atoms with Gasteiger partial charge in [0, 0.05) is 37.6 Å². The van der Waals surface area contributed by atoms with Crippen LogP contribution < -0.4 is 5.32 Å². The topological polar surface area (TPSA) is 71.4 Å². The van der Waals surface area contributed by atoms with E-state index in [0.29, 0.717) is 18.8 Å². The van der Waals surface area contributed by atoms with Crippen molar-refractivity contribution in [1.29, 1.82) is 0 Å². The quantitative estimate of drug-likeness (QED) is 0.882. The molecule has 2 aromatic rings. The Bertz CT molecular complexity index is 964. The molecule has 2 heterocycles. The normalized spacial score (nSPS) is 15.4. The summed E-state index contributed by atoms with van der Waals surface area (Å²) in [5.41, 5.74) is 0.633. The van der Waals surface area contributed by atoms with E-state index in [1.165, 1.54) is 21.0 Å². The molecule has 9 heteroatoms. The molecule has 1 amide bonds. The molecule has 1 aromatic carbocycles. The molecule has 1 saturated heterocycles. The second-order valence-electron chi connectivity index (χ2n) is 6.23. The molecule has 1 aliphatic rings. The van der Waals surface area contributed by atoms with Gasteiger partial charge in [0.2, 0.25) is 10.0 Å². The third-order valence-corrected chi connectivity index (χ3v) is 6.60. The van der Waals surface area contributed by atoms with Gasteiger partial charge in [0.05, 0.1) is 0 Å². The maximum Gasteiger partial charge on any atom is 0.272 e. The van der Waals surface area contributed by atoms with Gasteiger partial charge in [-0.1, -0.05) is 0 Å². The van der Waals surface area contributed by atoms with Crippen molar-refractivity contribution in [2.45, 2.75) is 24.7 Å². The summed E-state index contributed by atoms with van der Waals surface area (Å²) in [6.07, 6.45) is 1.63. The molecule has 0 atom stereocenters. The zero-order valence-electron chi connectivity index (χ0n) is 14.4. The summed E-state index contributed by atoms with van der Waals surface area (Å²) in [5.74, 6) is -2.70. The molecule has 0 unspecified atom stereocenters. The lowest BCUT2D eigenvalue weighted by molar-refractivity contribution is 0.101. The molecule has 1 N–H and O–H groups in total. The second-order valence-corrected chi connectivity index (χ2v) is 8.14. The van der Waals surface area contributed by atoms with E-state index in [4.69, 9.17) is 0 Å². The van der Waals surface area contributed by atoms with Gasteiger partial charge < -0.3 is 9.88 Å². The highest BCUT2D eigenvalue weighted by atomic mass is 32.2. The van der Waals surface area contributed by atoms with E-state index >= 15 is 0 Å². The molecule has 1 aromatic heterocycles. The maximum atomic E-state index is 13.3. The van der Waals surface area contributed by atoms with E-state index in [1.807, 2.05) is 0 Å². The van der Waals surface area contributed by atoms with Crippen LogP contribution in [-0.4, -0.2) is 36.3 Å². The van der Waals surface area contributed by atoms with Gasteiger partial charge in [0.1, 0.15) is 10.6 Å². The Hall–Kier alpha value is -2.26. The molecular formula is C17H19F2N3O3S. The standard InChI is InChI=1S/C17H19F2N3O3S/c1-11-16(26(24,25)22-7-3-4-8-22)10-15(21(11)2)17(23)20-12-5-6-13(18)14(19)9-12/h5-6,9-10H,3-4,7-8H2,1-2H3,(H,20,23). The summed E-state index contributed by atoms with van der Waals surface area (Å²) < 4.78 is 54.7. The van der Waals surface area contributed by atoms with Crippen molar-refractivity contribution < 1.29 is 22.0 Å². The largest absolute Gasteiger partial charge is 0.343 e. The van der Waals surface area contributed by atoms with E-state index in [0.717, 1.165) is 25.0 Å². The SMILES string of the molecule is Cc1c(S(=O)(=O)N2CCCC2)cc(C(=O)Nc2ccc(F)c(F)c2)n1C. The number of hydrogen-bond donors (Lipinski definition) is 1. The van der Waals surface area contributed by atoms with Crippen molar-refractivity contribution in [3.8, 4) is 0 Å². The Balaban J connectivity index is 1.91. The Morgan fingerprint density at radius 1 is 1.12 bits per heavy atom. The smallest absolute Gasteiger partial charge is 0.272 e. The van der Waals surface area contributed by atoms with Crippen LogP contribution in [0.2, 0.25) is 0 Å². The summed E-state index contributed by atoms with van der Waals surface area (Å²) in [7, 11) is -2.09. The average molecular weight is 383 g/mol. The van der Waals surface area contributed by atoms with Crippen LogP contribution in [0.3, 0.4) is 0 Å². The highest BCUT2D eigenvalue weighted by Crippen LogP contribution is 2.26. The van der Waals surface area contributed by atoms with Crippen LogP contribution in [0.1, 0.15) is 29.0 Å². The molecule has 0 bridgehead atoms. The van der Waals surface area contributed by atoms with Crippen LogP contribution >= 0.6 is 0 Å². The minimum absolute atomic E-state index is 0.0803. The molecule has 0 saturated carbocycles. The van der Waals surface area contributed by atoms with Gasteiger partial charge in [-0.15, -0.1) is 0 Å². The fourth-order valence-corrected chi connectivity index (χ4v) is 4.77. The van der Waals surface area contributed by atoms with E-state index in [1.54, 1.807) is 14.0 Å².